The number of hydrogen-bond acceptors (Lipinski definition) is 4. The van der Waals surface area contributed by atoms with Gasteiger partial charge in [0, 0.05) is 6.54 Å². The van der Waals surface area contributed by atoms with Crippen molar-refractivity contribution in [3.05, 3.63) is 16.6 Å². The molecule has 0 spiro atoms. The van der Waals surface area contributed by atoms with Crippen molar-refractivity contribution >= 4 is 0 Å². The van der Waals surface area contributed by atoms with E-state index in [1.54, 1.807) is 0 Å². The summed E-state index contributed by atoms with van der Waals surface area (Å²) in [6, 6.07) is 0. The van der Waals surface area contributed by atoms with Gasteiger partial charge >= 0.3 is 5.56 Å². The van der Waals surface area contributed by atoms with Gasteiger partial charge in [0.05, 0.1) is 13.3 Å². The van der Waals surface area contributed by atoms with Gasteiger partial charge in [-0.3, -0.25) is 4.79 Å². The minimum Gasteiger partial charge on any atom is -0.503 e. The highest BCUT2D eigenvalue weighted by Gasteiger charge is 2.09. The summed E-state index contributed by atoms with van der Waals surface area (Å²) in [7, 11) is 1.35. The summed E-state index contributed by atoms with van der Waals surface area (Å²) in [6.45, 7) is 2.58. The Hall–Kier alpha value is -1.52. The molecule has 0 fully saturated rings. The molecule has 0 aromatic carbocycles. The first-order valence-electron chi connectivity index (χ1n) is 4.53. The summed E-state index contributed by atoms with van der Waals surface area (Å²) in [6.07, 6.45) is 3.08. The van der Waals surface area contributed by atoms with Gasteiger partial charge in [0.15, 0.2) is 5.75 Å². The van der Waals surface area contributed by atoms with E-state index >= 15 is 0 Å². The number of ether oxygens (including phenoxy) is 1. The Bertz CT molecular complexity index is 360. The second kappa shape index (κ2) is 4.64. The fourth-order valence-corrected chi connectivity index (χ4v) is 1.12. The highest BCUT2D eigenvalue weighted by molar-refractivity contribution is 5.32. The molecule has 0 radical (unpaired) electrons. The molecule has 78 valence electrons. The Kier molecular flexibility index (Phi) is 3.50. The Morgan fingerprint density at radius 2 is 2.36 bits per heavy atom. The predicted octanol–water partition coefficient (Wildman–Crippen LogP) is 0.758. The smallest absolute Gasteiger partial charge is 0.313 e. The van der Waals surface area contributed by atoms with Crippen molar-refractivity contribution in [1.29, 1.82) is 0 Å². The molecule has 14 heavy (non-hydrogen) atoms. The summed E-state index contributed by atoms with van der Waals surface area (Å²) in [4.78, 5) is 11.5. The van der Waals surface area contributed by atoms with Crippen molar-refractivity contribution in [3.63, 3.8) is 0 Å². The fraction of sp³-hybridized carbons (Fsp3) is 0.556. The van der Waals surface area contributed by atoms with E-state index in [-0.39, 0.29) is 17.1 Å². The second-order valence-corrected chi connectivity index (χ2v) is 2.94. The van der Waals surface area contributed by atoms with Crippen LogP contribution in [0.25, 0.3) is 0 Å². The van der Waals surface area contributed by atoms with Crippen LogP contribution in [0.1, 0.15) is 19.8 Å². The van der Waals surface area contributed by atoms with Crippen LogP contribution in [-0.4, -0.2) is 22.0 Å². The van der Waals surface area contributed by atoms with Crippen molar-refractivity contribution in [2.45, 2.75) is 26.3 Å². The lowest BCUT2D eigenvalue weighted by Crippen LogP contribution is -2.23. The second-order valence-electron chi connectivity index (χ2n) is 2.94. The summed E-state index contributed by atoms with van der Waals surface area (Å²) in [5, 5.41) is 13.0. The first-order chi connectivity index (χ1) is 6.70. The molecule has 1 aromatic rings. The quantitative estimate of drug-likeness (QED) is 0.775. The number of nitrogens with zero attached hydrogens (tertiary/aromatic N) is 2. The largest absolute Gasteiger partial charge is 0.503 e. The van der Waals surface area contributed by atoms with Gasteiger partial charge in [-0.05, 0) is 6.42 Å². The lowest BCUT2D eigenvalue weighted by Gasteiger charge is -2.06. The molecule has 0 atom stereocenters. The zero-order chi connectivity index (χ0) is 10.6. The van der Waals surface area contributed by atoms with Crippen LogP contribution in [0.4, 0.5) is 0 Å². The first kappa shape index (κ1) is 10.6. The lowest BCUT2D eigenvalue weighted by atomic mass is 10.3. The molecule has 0 unspecified atom stereocenters. The van der Waals surface area contributed by atoms with Crippen LogP contribution in [0.3, 0.4) is 0 Å². The van der Waals surface area contributed by atoms with Crippen LogP contribution in [0.5, 0.6) is 11.5 Å². The molecule has 0 aliphatic carbocycles. The number of unbranched alkanes of at least 4 members (excludes halogenated alkanes) is 1. The minimum atomic E-state index is -0.388. The number of methoxy groups -OCH3 is 1. The van der Waals surface area contributed by atoms with Crippen LogP contribution in [-0.2, 0) is 6.54 Å². The van der Waals surface area contributed by atoms with Crippen molar-refractivity contribution in [2.75, 3.05) is 7.11 Å². The molecule has 1 rings (SSSR count). The third kappa shape index (κ3) is 2.04. The van der Waals surface area contributed by atoms with Crippen LogP contribution >= 0.6 is 0 Å². The van der Waals surface area contributed by atoms with E-state index in [4.69, 9.17) is 4.74 Å². The molecule has 1 aromatic heterocycles. The number of aromatic nitrogens is 2. The molecular weight excluding hydrogens is 184 g/mol. The van der Waals surface area contributed by atoms with Crippen molar-refractivity contribution < 1.29 is 9.84 Å². The third-order valence-electron chi connectivity index (χ3n) is 1.91. The Morgan fingerprint density at radius 1 is 1.64 bits per heavy atom. The Morgan fingerprint density at radius 3 is 2.93 bits per heavy atom. The molecule has 1 N–H and O–H groups in total. The van der Waals surface area contributed by atoms with Crippen molar-refractivity contribution in [2.24, 2.45) is 0 Å². The van der Waals surface area contributed by atoms with Gasteiger partial charge in [-0.1, -0.05) is 13.3 Å². The molecule has 0 amide bonds. The maximum atomic E-state index is 11.5. The van der Waals surface area contributed by atoms with Crippen molar-refractivity contribution in [3.8, 4) is 11.5 Å². The normalized spacial score (nSPS) is 10.1. The standard InChI is InChI=1S/C9H14N2O3/c1-3-4-5-11-9(13)8(14-2)7(12)6-10-11/h6,12H,3-5H2,1-2H3. The average Bonchev–Trinajstić information content (AvgIpc) is 2.18. The minimum absolute atomic E-state index is 0.0453. The maximum Gasteiger partial charge on any atom is 0.313 e. The van der Waals surface area contributed by atoms with Gasteiger partial charge in [0.2, 0.25) is 5.75 Å². The highest BCUT2D eigenvalue weighted by atomic mass is 16.5. The Balaban J connectivity index is 3.02. The van der Waals surface area contributed by atoms with E-state index in [1.165, 1.54) is 18.0 Å². The Labute approximate surface area is 81.9 Å². The molecule has 0 aliphatic rings. The average molecular weight is 198 g/mol. The van der Waals surface area contributed by atoms with Crippen LogP contribution < -0.4 is 10.3 Å². The number of hydrogen-bond donors (Lipinski definition) is 1. The van der Waals surface area contributed by atoms with E-state index in [2.05, 4.69) is 5.10 Å². The zero-order valence-electron chi connectivity index (χ0n) is 8.36. The molecule has 0 saturated carbocycles. The predicted molar refractivity (Wildman–Crippen MR) is 51.6 cm³/mol. The fourth-order valence-electron chi connectivity index (χ4n) is 1.12. The van der Waals surface area contributed by atoms with Gasteiger partial charge in [0.1, 0.15) is 0 Å². The number of aromatic hydroxyl groups is 1. The SMILES string of the molecule is CCCCn1ncc(O)c(OC)c1=O. The van der Waals surface area contributed by atoms with E-state index in [0.29, 0.717) is 6.54 Å². The lowest BCUT2D eigenvalue weighted by molar-refractivity contribution is 0.353. The highest BCUT2D eigenvalue weighted by Crippen LogP contribution is 2.17. The molecule has 5 nitrogen and oxygen atoms in total. The number of rotatable bonds is 4. The van der Waals surface area contributed by atoms with E-state index in [0.717, 1.165) is 12.8 Å². The maximum absolute atomic E-state index is 11.5. The molecule has 5 heteroatoms. The first-order valence-corrected chi connectivity index (χ1v) is 4.53. The topological polar surface area (TPSA) is 64.3 Å². The van der Waals surface area contributed by atoms with Gasteiger partial charge in [-0.2, -0.15) is 5.10 Å². The summed E-state index contributed by atoms with van der Waals surface area (Å²) in [5.41, 5.74) is -0.388. The summed E-state index contributed by atoms with van der Waals surface area (Å²) >= 11 is 0. The van der Waals surface area contributed by atoms with Crippen LogP contribution in [0.2, 0.25) is 0 Å². The molecule has 0 bridgehead atoms. The molecule has 0 aliphatic heterocycles. The van der Waals surface area contributed by atoms with Gasteiger partial charge < -0.3 is 9.84 Å². The summed E-state index contributed by atoms with van der Waals surface area (Å²) in [5.74, 6) is -0.263. The summed E-state index contributed by atoms with van der Waals surface area (Å²) < 4.78 is 6.07. The molecular formula is C9H14N2O3. The number of aryl methyl sites for hydroxylation is 1. The molecule has 0 saturated heterocycles. The van der Waals surface area contributed by atoms with Crippen LogP contribution in [0, 0.1) is 0 Å². The monoisotopic (exact) mass is 198 g/mol. The van der Waals surface area contributed by atoms with Gasteiger partial charge in [-0.25, -0.2) is 4.68 Å². The van der Waals surface area contributed by atoms with E-state index in [9.17, 15) is 9.90 Å². The van der Waals surface area contributed by atoms with E-state index in [1.807, 2.05) is 6.92 Å². The van der Waals surface area contributed by atoms with E-state index < -0.39 is 0 Å². The van der Waals surface area contributed by atoms with Gasteiger partial charge in [0.25, 0.3) is 0 Å². The third-order valence-corrected chi connectivity index (χ3v) is 1.91. The van der Waals surface area contributed by atoms with Gasteiger partial charge in [-0.15, -0.1) is 0 Å². The van der Waals surface area contributed by atoms with Crippen LogP contribution in [0.15, 0.2) is 11.0 Å². The van der Waals surface area contributed by atoms with Crippen molar-refractivity contribution in [1.82, 2.24) is 9.78 Å². The zero-order valence-corrected chi connectivity index (χ0v) is 8.36. The molecule has 1 heterocycles.